The molecule has 21 heavy (non-hydrogen) atoms. The van der Waals surface area contributed by atoms with Gasteiger partial charge < -0.3 is 4.90 Å². The van der Waals surface area contributed by atoms with Crippen LogP contribution in [-0.4, -0.2) is 27.5 Å². The second kappa shape index (κ2) is 5.66. The first-order chi connectivity index (χ1) is 10.1. The van der Waals surface area contributed by atoms with Crippen molar-refractivity contribution in [2.45, 2.75) is 24.8 Å². The fraction of sp³-hybridized carbons (Fsp3) is 0.267. The first kappa shape index (κ1) is 14.4. The number of nitrogens with zero attached hydrogens (tertiary/aromatic N) is 3. The van der Waals surface area contributed by atoms with Crippen LogP contribution in [0.3, 0.4) is 0 Å². The van der Waals surface area contributed by atoms with E-state index in [1.807, 2.05) is 30.0 Å². The van der Waals surface area contributed by atoms with E-state index in [4.69, 9.17) is 11.6 Å². The van der Waals surface area contributed by atoms with E-state index in [1.165, 1.54) is 0 Å². The third kappa shape index (κ3) is 2.76. The minimum absolute atomic E-state index is 0.0157. The van der Waals surface area contributed by atoms with E-state index in [2.05, 4.69) is 22.8 Å². The molecule has 0 saturated heterocycles. The molecular weight excluding hydrogens is 306 g/mol. The maximum atomic E-state index is 12.7. The lowest BCUT2D eigenvalue weighted by molar-refractivity contribution is 0.0732. The fourth-order valence-corrected chi connectivity index (χ4v) is 2.88. The third-order valence-electron chi connectivity index (χ3n) is 3.73. The lowest BCUT2D eigenvalue weighted by atomic mass is 10.0. The van der Waals surface area contributed by atoms with E-state index in [1.54, 1.807) is 6.07 Å². The van der Waals surface area contributed by atoms with Gasteiger partial charge in [0.2, 0.25) is 0 Å². The number of carbonyl (C=O) groups excluding carboxylic acids is 1. The summed E-state index contributed by atoms with van der Waals surface area (Å²) in [7, 11) is 0. The summed E-state index contributed by atoms with van der Waals surface area (Å²) in [5.74, 6) is 0.0157. The SMILES string of the molecule is Cc1c(S)cccc1C(=O)N1CCc2nnc(Cl)cc2C1. The normalized spacial score (nSPS) is 14.0. The second-order valence-electron chi connectivity index (χ2n) is 5.07. The number of fused-ring (bicyclic) bond motifs is 1. The maximum Gasteiger partial charge on any atom is 0.254 e. The Labute approximate surface area is 133 Å². The number of rotatable bonds is 1. The van der Waals surface area contributed by atoms with Crippen molar-refractivity contribution >= 4 is 30.1 Å². The Morgan fingerprint density at radius 3 is 3.00 bits per heavy atom. The Kier molecular flexibility index (Phi) is 3.87. The van der Waals surface area contributed by atoms with Crippen LogP contribution in [0.1, 0.15) is 27.2 Å². The van der Waals surface area contributed by atoms with Gasteiger partial charge in [-0.1, -0.05) is 17.7 Å². The Morgan fingerprint density at radius 2 is 2.19 bits per heavy atom. The van der Waals surface area contributed by atoms with Crippen LogP contribution < -0.4 is 0 Å². The van der Waals surface area contributed by atoms with E-state index in [0.717, 1.165) is 21.7 Å². The summed E-state index contributed by atoms with van der Waals surface area (Å²) in [4.78, 5) is 15.3. The summed E-state index contributed by atoms with van der Waals surface area (Å²) >= 11 is 10.3. The molecule has 2 heterocycles. The molecule has 3 rings (SSSR count). The van der Waals surface area contributed by atoms with Crippen LogP contribution in [0, 0.1) is 6.92 Å². The molecule has 0 saturated carbocycles. The molecule has 2 aromatic rings. The molecule has 0 unspecified atom stereocenters. The highest BCUT2D eigenvalue weighted by Crippen LogP contribution is 2.23. The number of aromatic nitrogens is 2. The number of hydrogen-bond donors (Lipinski definition) is 1. The van der Waals surface area contributed by atoms with Crippen molar-refractivity contribution in [3.63, 3.8) is 0 Å². The summed E-state index contributed by atoms with van der Waals surface area (Å²) < 4.78 is 0. The van der Waals surface area contributed by atoms with Crippen LogP contribution in [-0.2, 0) is 13.0 Å². The van der Waals surface area contributed by atoms with Gasteiger partial charge in [0.25, 0.3) is 5.91 Å². The molecule has 0 aliphatic carbocycles. The fourth-order valence-electron chi connectivity index (χ4n) is 2.50. The number of benzene rings is 1. The molecule has 4 nitrogen and oxygen atoms in total. The highest BCUT2D eigenvalue weighted by atomic mass is 35.5. The minimum Gasteiger partial charge on any atom is -0.334 e. The highest BCUT2D eigenvalue weighted by molar-refractivity contribution is 7.80. The standard InChI is InChI=1S/C15H14ClN3OS/c1-9-11(3-2-4-13(9)21)15(20)19-6-5-12-10(8-19)7-14(16)18-17-12/h2-4,7,21H,5-6,8H2,1H3. The van der Waals surface area contributed by atoms with Crippen LogP contribution in [0.4, 0.5) is 0 Å². The molecule has 0 N–H and O–H groups in total. The summed E-state index contributed by atoms with van der Waals surface area (Å²) in [6.45, 7) is 3.06. The van der Waals surface area contributed by atoms with Crippen molar-refractivity contribution in [2.24, 2.45) is 0 Å². The monoisotopic (exact) mass is 319 g/mol. The van der Waals surface area contributed by atoms with E-state index in [9.17, 15) is 4.79 Å². The van der Waals surface area contributed by atoms with Gasteiger partial charge in [-0.2, -0.15) is 5.10 Å². The topological polar surface area (TPSA) is 46.1 Å². The maximum absolute atomic E-state index is 12.7. The van der Waals surface area contributed by atoms with Crippen LogP contribution in [0.5, 0.6) is 0 Å². The predicted octanol–water partition coefficient (Wildman–Crippen LogP) is 2.93. The molecule has 0 atom stereocenters. The molecule has 6 heteroatoms. The Bertz CT molecular complexity index is 720. The summed E-state index contributed by atoms with van der Waals surface area (Å²) in [6, 6.07) is 7.36. The minimum atomic E-state index is 0.0157. The van der Waals surface area contributed by atoms with Gasteiger partial charge >= 0.3 is 0 Å². The molecule has 0 bridgehead atoms. The van der Waals surface area contributed by atoms with Gasteiger partial charge in [0.05, 0.1) is 5.69 Å². The van der Waals surface area contributed by atoms with Crippen molar-refractivity contribution < 1.29 is 4.79 Å². The van der Waals surface area contributed by atoms with Crippen molar-refractivity contribution in [3.8, 4) is 0 Å². The van der Waals surface area contributed by atoms with Gasteiger partial charge in [0.1, 0.15) is 0 Å². The van der Waals surface area contributed by atoms with Crippen LogP contribution in [0.2, 0.25) is 5.15 Å². The zero-order valence-corrected chi connectivity index (χ0v) is 13.2. The number of amides is 1. The van der Waals surface area contributed by atoms with E-state index >= 15 is 0 Å². The van der Waals surface area contributed by atoms with E-state index in [-0.39, 0.29) is 5.91 Å². The first-order valence-corrected chi connectivity index (χ1v) is 7.47. The van der Waals surface area contributed by atoms with Crippen molar-refractivity contribution in [2.75, 3.05) is 6.54 Å². The zero-order valence-electron chi connectivity index (χ0n) is 11.5. The number of hydrogen-bond acceptors (Lipinski definition) is 4. The summed E-state index contributed by atoms with van der Waals surface area (Å²) in [5.41, 5.74) is 3.49. The molecule has 1 aliphatic rings. The summed E-state index contributed by atoms with van der Waals surface area (Å²) in [6.07, 6.45) is 0.699. The van der Waals surface area contributed by atoms with E-state index < -0.39 is 0 Å². The van der Waals surface area contributed by atoms with Crippen LogP contribution >= 0.6 is 24.2 Å². The smallest absolute Gasteiger partial charge is 0.254 e. The Hall–Kier alpha value is -1.59. The molecule has 1 aromatic heterocycles. The average Bonchev–Trinajstić information content (AvgIpc) is 2.48. The molecule has 1 amide bonds. The molecular formula is C15H14ClN3OS. The average molecular weight is 320 g/mol. The molecule has 1 aromatic carbocycles. The predicted molar refractivity (Wildman–Crippen MR) is 83.9 cm³/mol. The number of carbonyl (C=O) groups is 1. The third-order valence-corrected chi connectivity index (χ3v) is 4.40. The van der Waals surface area contributed by atoms with Gasteiger partial charge in [0, 0.05) is 30.0 Å². The van der Waals surface area contributed by atoms with Crippen molar-refractivity contribution in [3.05, 3.63) is 51.8 Å². The first-order valence-electron chi connectivity index (χ1n) is 6.65. The van der Waals surface area contributed by atoms with Gasteiger partial charge in [-0.3, -0.25) is 4.79 Å². The number of thiol groups is 1. The molecule has 0 fully saturated rings. The van der Waals surface area contributed by atoms with Gasteiger partial charge in [-0.15, -0.1) is 17.7 Å². The van der Waals surface area contributed by atoms with E-state index in [0.29, 0.717) is 30.2 Å². The molecule has 1 aliphatic heterocycles. The van der Waals surface area contributed by atoms with Crippen molar-refractivity contribution in [1.82, 2.24) is 15.1 Å². The Balaban J connectivity index is 1.89. The van der Waals surface area contributed by atoms with Gasteiger partial charge in [-0.05, 0) is 36.2 Å². The van der Waals surface area contributed by atoms with Gasteiger partial charge in [0.15, 0.2) is 5.15 Å². The van der Waals surface area contributed by atoms with Crippen molar-refractivity contribution in [1.29, 1.82) is 0 Å². The Morgan fingerprint density at radius 1 is 1.38 bits per heavy atom. The summed E-state index contributed by atoms with van der Waals surface area (Å²) in [5, 5.41) is 8.29. The van der Waals surface area contributed by atoms with Gasteiger partial charge in [-0.25, -0.2) is 0 Å². The molecule has 0 radical (unpaired) electrons. The van der Waals surface area contributed by atoms with Crippen LogP contribution in [0.25, 0.3) is 0 Å². The quantitative estimate of drug-likeness (QED) is 0.822. The lowest BCUT2D eigenvalue weighted by Gasteiger charge is -2.28. The van der Waals surface area contributed by atoms with Crippen LogP contribution in [0.15, 0.2) is 29.2 Å². The zero-order chi connectivity index (χ0) is 15.0. The molecule has 108 valence electrons. The molecule has 0 spiro atoms. The second-order valence-corrected chi connectivity index (χ2v) is 5.93. The lowest BCUT2D eigenvalue weighted by Crippen LogP contribution is -2.36. The number of halogens is 1. The largest absolute Gasteiger partial charge is 0.334 e. The highest BCUT2D eigenvalue weighted by Gasteiger charge is 2.24.